The summed E-state index contributed by atoms with van der Waals surface area (Å²) in [5.74, 6) is 0.722. The van der Waals surface area contributed by atoms with Gasteiger partial charge >= 0.3 is 0 Å². The third kappa shape index (κ3) is 4.08. The van der Waals surface area contributed by atoms with E-state index >= 15 is 0 Å². The molecule has 1 fully saturated rings. The molecule has 7 heteroatoms. The van der Waals surface area contributed by atoms with Gasteiger partial charge in [-0.15, -0.1) is 0 Å². The zero-order valence-corrected chi connectivity index (χ0v) is 16.6. The van der Waals surface area contributed by atoms with Crippen LogP contribution in [0.5, 0.6) is 5.75 Å². The monoisotopic (exact) mass is 388 g/mol. The summed E-state index contributed by atoms with van der Waals surface area (Å²) in [6, 6.07) is 10.3. The van der Waals surface area contributed by atoms with E-state index in [0.717, 1.165) is 18.4 Å². The molecule has 0 spiro atoms. The summed E-state index contributed by atoms with van der Waals surface area (Å²) in [5.41, 5.74) is 2.49. The van der Waals surface area contributed by atoms with Gasteiger partial charge in [-0.05, 0) is 68.1 Å². The lowest BCUT2D eigenvalue weighted by molar-refractivity contribution is -0.119. The van der Waals surface area contributed by atoms with Gasteiger partial charge < -0.3 is 9.64 Å². The van der Waals surface area contributed by atoms with Crippen LogP contribution >= 0.6 is 0 Å². The van der Waals surface area contributed by atoms with Gasteiger partial charge in [0, 0.05) is 18.7 Å². The first kappa shape index (κ1) is 19.2. The van der Waals surface area contributed by atoms with Crippen molar-refractivity contribution >= 4 is 27.3 Å². The van der Waals surface area contributed by atoms with E-state index in [-0.39, 0.29) is 10.8 Å². The summed E-state index contributed by atoms with van der Waals surface area (Å²) in [7, 11) is -2.20. The van der Waals surface area contributed by atoms with Crippen molar-refractivity contribution in [2.24, 2.45) is 0 Å². The van der Waals surface area contributed by atoms with Crippen molar-refractivity contribution in [3.8, 4) is 5.75 Å². The van der Waals surface area contributed by atoms with E-state index in [4.69, 9.17) is 4.74 Å². The van der Waals surface area contributed by atoms with E-state index in [1.165, 1.54) is 0 Å². The molecule has 1 aliphatic rings. The Hall–Kier alpha value is -2.54. The van der Waals surface area contributed by atoms with Gasteiger partial charge in [-0.3, -0.25) is 9.52 Å². The lowest BCUT2D eigenvalue weighted by Gasteiger charge is -2.27. The van der Waals surface area contributed by atoms with E-state index in [1.54, 1.807) is 56.2 Å². The molecule has 27 heavy (non-hydrogen) atoms. The number of benzene rings is 2. The van der Waals surface area contributed by atoms with Crippen LogP contribution in [-0.4, -0.2) is 28.0 Å². The number of methoxy groups -OCH3 is 1. The fraction of sp³-hybridized carbons (Fsp3) is 0.350. The second kappa shape index (κ2) is 7.60. The maximum atomic E-state index is 12.9. The van der Waals surface area contributed by atoms with Gasteiger partial charge in [0.1, 0.15) is 5.75 Å². The quantitative estimate of drug-likeness (QED) is 0.849. The second-order valence-corrected chi connectivity index (χ2v) is 8.40. The summed E-state index contributed by atoms with van der Waals surface area (Å²) in [4.78, 5) is 14.1. The third-order valence-electron chi connectivity index (χ3n) is 4.72. The van der Waals surface area contributed by atoms with E-state index in [9.17, 15) is 13.2 Å². The summed E-state index contributed by atoms with van der Waals surface area (Å²) in [5, 5.41) is 0. The van der Waals surface area contributed by atoms with Crippen LogP contribution in [0.4, 0.5) is 11.4 Å². The minimum absolute atomic E-state index is 0.0721. The molecule has 1 aliphatic heterocycles. The van der Waals surface area contributed by atoms with Crippen LogP contribution in [0.25, 0.3) is 0 Å². The summed E-state index contributed by atoms with van der Waals surface area (Å²) in [6.45, 7) is 4.20. The van der Waals surface area contributed by atoms with Gasteiger partial charge in [-0.25, -0.2) is 8.42 Å². The zero-order valence-electron chi connectivity index (χ0n) is 15.8. The number of carbonyl (C=O) groups excluding carboxylic acids is 1. The number of sulfonamides is 1. The highest BCUT2D eigenvalue weighted by molar-refractivity contribution is 7.92. The number of aryl methyl sites for hydroxylation is 2. The number of rotatable bonds is 5. The maximum absolute atomic E-state index is 12.9. The number of piperidine rings is 1. The number of hydrogen-bond acceptors (Lipinski definition) is 4. The molecule has 6 nitrogen and oxygen atoms in total. The van der Waals surface area contributed by atoms with Gasteiger partial charge in [0.2, 0.25) is 5.91 Å². The Morgan fingerprint density at radius 1 is 1.07 bits per heavy atom. The molecule has 0 aliphatic carbocycles. The minimum Gasteiger partial charge on any atom is -0.496 e. The van der Waals surface area contributed by atoms with Crippen molar-refractivity contribution < 1.29 is 17.9 Å². The normalized spacial score (nSPS) is 14.9. The Kier molecular flexibility index (Phi) is 5.41. The molecule has 0 aromatic heterocycles. The lowest BCUT2D eigenvalue weighted by atomic mass is 10.1. The fourth-order valence-electron chi connectivity index (χ4n) is 3.30. The van der Waals surface area contributed by atoms with Crippen LogP contribution in [0, 0.1) is 13.8 Å². The molecule has 1 N–H and O–H groups in total. The average molecular weight is 388 g/mol. The molecule has 2 aromatic carbocycles. The van der Waals surface area contributed by atoms with Crippen molar-refractivity contribution in [3.63, 3.8) is 0 Å². The van der Waals surface area contributed by atoms with E-state index in [2.05, 4.69) is 4.72 Å². The van der Waals surface area contributed by atoms with Crippen LogP contribution < -0.4 is 14.4 Å². The topological polar surface area (TPSA) is 75.7 Å². The standard InChI is InChI=1S/C20H24N2O4S/c1-14-12-19(15(2)11-18(14)26-3)27(24,25)21-16-7-6-8-17(13-16)22-10-5-4-9-20(22)23/h6-8,11-13,21H,4-5,9-10H2,1-3H3. The van der Waals surface area contributed by atoms with Gasteiger partial charge in [0.25, 0.3) is 10.0 Å². The Morgan fingerprint density at radius 3 is 2.56 bits per heavy atom. The van der Waals surface area contributed by atoms with Crippen LogP contribution in [0.3, 0.4) is 0 Å². The number of ether oxygens (including phenoxy) is 1. The van der Waals surface area contributed by atoms with Crippen molar-refractivity contribution in [1.82, 2.24) is 0 Å². The SMILES string of the molecule is COc1cc(C)c(S(=O)(=O)Nc2cccc(N3CCCCC3=O)c2)cc1C. The average Bonchev–Trinajstić information content (AvgIpc) is 2.63. The highest BCUT2D eigenvalue weighted by Gasteiger charge is 2.22. The first-order chi connectivity index (χ1) is 12.8. The number of carbonyl (C=O) groups is 1. The number of nitrogens with zero attached hydrogens (tertiary/aromatic N) is 1. The van der Waals surface area contributed by atoms with Crippen LogP contribution in [-0.2, 0) is 14.8 Å². The van der Waals surface area contributed by atoms with Gasteiger partial charge in [-0.1, -0.05) is 6.07 Å². The Labute approximate surface area is 160 Å². The van der Waals surface area contributed by atoms with Crippen molar-refractivity contribution in [2.75, 3.05) is 23.3 Å². The molecule has 2 aromatic rings. The molecular weight excluding hydrogens is 364 g/mol. The lowest BCUT2D eigenvalue weighted by Crippen LogP contribution is -2.35. The molecule has 144 valence electrons. The Balaban J connectivity index is 1.89. The van der Waals surface area contributed by atoms with Gasteiger partial charge in [0.05, 0.1) is 17.7 Å². The largest absolute Gasteiger partial charge is 0.496 e. The minimum atomic E-state index is -3.76. The molecule has 1 amide bonds. The first-order valence-electron chi connectivity index (χ1n) is 8.90. The second-order valence-electron chi connectivity index (χ2n) is 6.75. The molecule has 0 radical (unpaired) electrons. The molecule has 0 atom stereocenters. The molecule has 0 unspecified atom stereocenters. The van der Waals surface area contributed by atoms with Crippen molar-refractivity contribution in [2.45, 2.75) is 38.0 Å². The molecule has 0 bridgehead atoms. The highest BCUT2D eigenvalue weighted by Crippen LogP contribution is 2.29. The highest BCUT2D eigenvalue weighted by atomic mass is 32.2. The van der Waals surface area contributed by atoms with Crippen LogP contribution in [0.15, 0.2) is 41.3 Å². The Bertz CT molecular complexity index is 970. The van der Waals surface area contributed by atoms with E-state index < -0.39 is 10.0 Å². The summed E-state index contributed by atoms with van der Waals surface area (Å²) < 4.78 is 33.7. The van der Waals surface area contributed by atoms with Gasteiger partial charge in [0.15, 0.2) is 0 Å². The third-order valence-corrected chi connectivity index (χ3v) is 6.24. The number of amides is 1. The molecule has 3 rings (SSSR count). The van der Waals surface area contributed by atoms with Crippen molar-refractivity contribution in [3.05, 3.63) is 47.5 Å². The number of hydrogen-bond donors (Lipinski definition) is 1. The predicted molar refractivity (Wildman–Crippen MR) is 106 cm³/mol. The smallest absolute Gasteiger partial charge is 0.262 e. The van der Waals surface area contributed by atoms with Crippen LogP contribution in [0.1, 0.15) is 30.4 Å². The molecule has 1 heterocycles. The van der Waals surface area contributed by atoms with E-state index in [0.29, 0.717) is 35.7 Å². The molecular formula is C20H24N2O4S. The molecule has 1 saturated heterocycles. The van der Waals surface area contributed by atoms with Gasteiger partial charge in [-0.2, -0.15) is 0 Å². The summed E-state index contributed by atoms with van der Waals surface area (Å²) in [6.07, 6.45) is 2.38. The number of nitrogens with one attached hydrogen (secondary N) is 1. The zero-order chi connectivity index (χ0) is 19.6. The maximum Gasteiger partial charge on any atom is 0.262 e. The Morgan fingerprint density at radius 2 is 1.85 bits per heavy atom. The molecule has 0 saturated carbocycles. The fourth-order valence-corrected chi connectivity index (χ4v) is 4.66. The van der Waals surface area contributed by atoms with Crippen LogP contribution in [0.2, 0.25) is 0 Å². The summed E-state index contributed by atoms with van der Waals surface area (Å²) >= 11 is 0. The first-order valence-corrected chi connectivity index (χ1v) is 10.4. The predicted octanol–water partition coefficient (Wildman–Crippen LogP) is 3.63. The van der Waals surface area contributed by atoms with E-state index in [1.807, 2.05) is 6.07 Å². The number of anilines is 2. The van der Waals surface area contributed by atoms with Crippen molar-refractivity contribution in [1.29, 1.82) is 0 Å².